The number of hydrogen-bond acceptors (Lipinski definition) is 4. The Morgan fingerprint density at radius 3 is 1.89 bits per heavy atom. The molecule has 152 valence electrons. The zero-order valence-electron chi connectivity index (χ0n) is 15.3. The van der Waals surface area contributed by atoms with Crippen LogP contribution in [0.5, 0.6) is 0 Å². The standard InChI is InChI=1S/C20H20F4O4/c1-13-3-7-15(8-4-13)17(25)27-11-19(21,22)20(23,24)12-28-18(26)16-9-5-14(2)6-10-16/h3-10,17,25H,11-12H2,1-2H3. The van der Waals surface area contributed by atoms with E-state index in [-0.39, 0.29) is 11.1 Å². The van der Waals surface area contributed by atoms with Gasteiger partial charge in [-0.2, -0.15) is 17.6 Å². The van der Waals surface area contributed by atoms with Crippen molar-refractivity contribution in [3.63, 3.8) is 0 Å². The van der Waals surface area contributed by atoms with Crippen molar-refractivity contribution in [2.45, 2.75) is 32.0 Å². The molecular formula is C20H20F4O4. The highest BCUT2D eigenvalue weighted by atomic mass is 19.3. The van der Waals surface area contributed by atoms with E-state index in [4.69, 9.17) is 0 Å². The average Bonchev–Trinajstić information content (AvgIpc) is 2.65. The van der Waals surface area contributed by atoms with Gasteiger partial charge in [0, 0.05) is 5.56 Å². The highest BCUT2D eigenvalue weighted by Crippen LogP contribution is 2.36. The normalized spacial score (nSPS) is 13.2. The van der Waals surface area contributed by atoms with Crippen LogP contribution in [-0.2, 0) is 9.47 Å². The Hall–Kier alpha value is -2.45. The number of hydrogen-bond donors (Lipinski definition) is 1. The lowest BCUT2D eigenvalue weighted by molar-refractivity contribution is -0.264. The van der Waals surface area contributed by atoms with E-state index in [2.05, 4.69) is 9.47 Å². The van der Waals surface area contributed by atoms with Gasteiger partial charge in [0.2, 0.25) is 0 Å². The summed E-state index contributed by atoms with van der Waals surface area (Å²) < 4.78 is 64.3. The zero-order chi connectivity index (χ0) is 20.9. The van der Waals surface area contributed by atoms with Gasteiger partial charge >= 0.3 is 17.8 Å². The third-order valence-electron chi connectivity index (χ3n) is 3.99. The number of rotatable bonds is 8. The Kier molecular flexibility index (Phi) is 6.79. The van der Waals surface area contributed by atoms with Gasteiger partial charge < -0.3 is 14.6 Å². The molecule has 2 aromatic rings. The summed E-state index contributed by atoms with van der Waals surface area (Å²) in [6.07, 6.45) is -1.79. The molecule has 2 rings (SSSR count). The molecule has 0 spiro atoms. The predicted molar refractivity (Wildman–Crippen MR) is 93.4 cm³/mol. The Bertz CT molecular complexity index is 789. The number of alkyl halides is 4. The van der Waals surface area contributed by atoms with Gasteiger partial charge in [-0.15, -0.1) is 0 Å². The summed E-state index contributed by atoms with van der Waals surface area (Å²) in [4.78, 5) is 11.7. The second-order valence-electron chi connectivity index (χ2n) is 6.43. The molecule has 0 aliphatic heterocycles. The van der Waals surface area contributed by atoms with Gasteiger partial charge in [-0.05, 0) is 26.0 Å². The van der Waals surface area contributed by atoms with Crippen molar-refractivity contribution in [2.75, 3.05) is 13.2 Å². The third kappa shape index (κ3) is 5.53. The molecule has 0 fully saturated rings. The fourth-order valence-corrected chi connectivity index (χ4v) is 2.15. The van der Waals surface area contributed by atoms with E-state index in [1.54, 1.807) is 38.1 Å². The number of ether oxygens (including phenoxy) is 2. The van der Waals surface area contributed by atoms with Crippen LogP contribution < -0.4 is 0 Å². The molecule has 0 aromatic heterocycles. The van der Waals surface area contributed by atoms with Crippen LogP contribution in [-0.4, -0.2) is 36.1 Å². The molecule has 4 nitrogen and oxygen atoms in total. The van der Waals surface area contributed by atoms with Crippen LogP contribution in [0.25, 0.3) is 0 Å². The summed E-state index contributed by atoms with van der Waals surface area (Å²) in [5.41, 5.74) is 1.81. The lowest BCUT2D eigenvalue weighted by Crippen LogP contribution is -2.48. The highest BCUT2D eigenvalue weighted by Gasteiger charge is 2.57. The molecule has 1 unspecified atom stereocenters. The maximum absolute atomic E-state index is 13.9. The second-order valence-corrected chi connectivity index (χ2v) is 6.43. The summed E-state index contributed by atoms with van der Waals surface area (Å²) in [7, 11) is 0. The number of carbonyl (C=O) groups excluding carboxylic acids is 1. The van der Waals surface area contributed by atoms with Crippen molar-refractivity contribution in [3.05, 3.63) is 70.8 Å². The van der Waals surface area contributed by atoms with Crippen molar-refractivity contribution in [1.29, 1.82) is 0 Å². The fraction of sp³-hybridized carbons (Fsp3) is 0.350. The number of benzene rings is 2. The minimum absolute atomic E-state index is 0.0317. The molecule has 1 atom stereocenters. The van der Waals surface area contributed by atoms with Crippen molar-refractivity contribution < 1.29 is 36.9 Å². The second kappa shape index (κ2) is 8.70. The lowest BCUT2D eigenvalue weighted by atomic mass is 10.1. The SMILES string of the molecule is Cc1ccc(C(=O)OCC(F)(F)C(F)(F)COC(O)c2ccc(C)cc2)cc1. The summed E-state index contributed by atoms with van der Waals surface area (Å²) >= 11 is 0. The zero-order valence-corrected chi connectivity index (χ0v) is 15.3. The van der Waals surface area contributed by atoms with Gasteiger partial charge in [-0.3, -0.25) is 0 Å². The maximum Gasteiger partial charge on any atom is 0.345 e. The van der Waals surface area contributed by atoms with Crippen LogP contribution in [0.2, 0.25) is 0 Å². The number of halogens is 4. The first-order valence-electron chi connectivity index (χ1n) is 8.37. The van der Waals surface area contributed by atoms with Crippen LogP contribution in [0.1, 0.15) is 33.3 Å². The van der Waals surface area contributed by atoms with Gasteiger partial charge in [0.1, 0.15) is 6.61 Å². The van der Waals surface area contributed by atoms with Crippen molar-refractivity contribution >= 4 is 5.97 Å². The molecule has 0 aliphatic rings. The first-order valence-corrected chi connectivity index (χ1v) is 8.37. The van der Waals surface area contributed by atoms with Gasteiger partial charge in [0.15, 0.2) is 12.9 Å². The van der Waals surface area contributed by atoms with Crippen LogP contribution in [0.4, 0.5) is 17.6 Å². The largest absolute Gasteiger partial charge is 0.455 e. The molecule has 0 radical (unpaired) electrons. The van der Waals surface area contributed by atoms with Crippen LogP contribution in [0.15, 0.2) is 48.5 Å². The first kappa shape index (κ1) is 21.8. The monoisotopic (exact) mass is 400 g/mol. The van der Waals surface area contributed by atoms with E-state index < -0.39 is 37.3 Å². The summed E-state index contributed by atoms with van der Waals surface area (Å²) in [5.74, 6) is -10.5. The molecule has 0 heterocycles. The van der Waals surface area contributed by atoms with Crippen LogP contribution in [0.3, 0.4) is 0 Å². The highest BCUT2D eigenvalue weighted by molar-refractivity contribution is 5.89. The smallest absolute Gasteiger partial charge is 0.345 e. The van der Waals surface area contributed by atoms with Crippen molar-refractivity contribution in [2.24, 2.45) is 0 Å². The summed E-state index contributed by atoms with van der Waals surface area (Å²) in [6, 6.07) is 11.9. The minimum Gasteiger partial charge on any atom is -0.455 e. The quantitative estimate of drug-likeness (QED) is 0.404. The number of esters is 1. The van der Waals surface area contributed by atoms with E-state index in [9.17, 15) is 27.5 Å². The van der Waals surface area contributed by atoms with Crippen LogP contribution in [0, 0.1) is 13.8 Å². The molecular weight excluding hydrogens is 380 g/mol. The Morgan fingerprint density at radius 1 is 0.893 bits per heavy atom. The van der Waals surface area contributed by atoms with E-state index in [0.717, 1.165) is 11.1 Å². The van der Waals surface area contributed by atoms with Gasteiger partial charge in [0.25, 0.3) is 0 Å². The van der Waals surface area contributed by atoms with E-state index in [0.29, 0.717) is 0 Å². The van der Waals surface area contributed by atoms with Crippen LogP contribution >= 0.6 is 0 Å². The number of aryl methyl sites for hydroxylation is 2. The Balaban J connectivity index is 1.93. The molecule has 0 saturated heterocycles. The molecule has 0 aliphatic carbocycles. The molecule has 28 heavy (non-hydrogen) atoms. The fourth-order valence-electron chi connectivity index (χ4n) is 2.15. The molecule has 0 amide bonds. The molecule has 0 bridgehead atoms. The number of carbonyl (C=O) groups is 1. The molecule has 2 aromatic carbocycles. The Labute approximate surface area is 159 Å². The number of aliphatic hydroxyl groups excluding tert-OH is 1. The molecule has 0 saturated carbocycles. The minimum atomic E-state index is -4.68. The van der Waals surface area contributed by atoms with E-state index in [1.165, 1.54) is 24.3 Å². The van der Waals surface area contributed by atoms with E-state index >= 15 is 0 Å². The van der Waals surface area contributed by atoms with E-state index in [1.807, 2.05) is 0 Å². The number of aliphatic hydroxyl groups is 1. The lowest BCUT2D eigenvalue weighted by Gasteiger charge is -2.27. The van der Waals surface area contributed by atoms with Gasteiger partial charge in [-0.1, -0.05) is 47.5 Å². The topological polar surface area (TPSA) is 55.8 Å². The third-order valence-corrected chi connectivity index (χ3v) is 3.99. The maximum atomic E-state index is 13.9. The van der Waals surface area contributed by atoms with Crippen molar-refractivity contribution in [3.8, 4) is 0 Å². The van der Waals surface area contributed by atoms with Crippen molar-refractivity contribution in [1.82, 2.24) is 0 Å². The Morgan fingerprint density at radius 2 is 1.36 bits per heavy atom. The summed E-state index contributed by atoms with van der Waals surface area (Å²) in [5, 5.41) is 9.74. The first-order chi connectivity index (χ1) is 13.0. The summed E-state index contributed by atoms with van der Waals surface area (Å²) in [6.45, 7) is -0.0354. The molecule has 8 heteroatoms. The van der Waals surface area contributed by atoms with Gasteiger partial charge in [-0.25, -0.2) is 4.79 Å². The average molecular weight is 400 g/mol. The predicted octanol–water partition coefficient (Wildman–Crippen LogP) is 4.44. The van der Waals surface area contributed by atoms with Gasteiger partial charge in [0.05, 0.1) is 5.56 Å². The molecule has 1 N–H and O–H groups in total.